The Morgan fingerprint density at radius 2 is 2.10 bits per heavy atom. The lowest BCUT2D eigenvalue weighted by atomic mass is 9.67. The van der Waals surface area contributed by atoms with E-state index < -0.39 is 18.7 Å². The molecule has 0 saturated carbocycles. The van der Waals surface area contributed by atoms with Crippen molar-refractivity contribution in [2.24, 2.45) is 5.92 Å². The second-order valence-corrected chi connectivity index (χ2v) is 10.9. The van der Waals surface area contributed by atoms with Crippen molar-refractivity contribution in [3.8, 4) is 11.5 Å². The Morgan fingerprint density at radius 1 is 1.37 bits per heavy atom. The monoisotopic (exact) mass is 528 g/mol. The molecule has 3 atom stereocenters. The van der Waals surface area contributed by atoms with E-state index in [4.69, 9.17) is 9.47 Å². The van der Waals surface area contributed by atoms with Crippen molar-refractivity contribution < 1.29 is 24.5 Å². The fraction of sp³-hybridized carbons (Fsp3) is 0.625. The fourth-order valence-electron chi connectivity index (χ4n) is 4.73. The summed E-state index contributed by atoms with van der Waals surface area (Å²) in [5.41, 5.74) is 2.85. The molecule has 1 heterocycles. The SMILES string of the molecule is CCCCCc1cc(OC(=O)[C@H](O)CO)c2c(c1)OC(C)(C)[C@@H]1CCC(C)=C[C@]21I. The van der Waals surface area contributed by atoms with E-state index in [2.05, 4.69) is 62.4 Å². The predicted octanol–water partition coefficient (Wildman–Crippen LogP) is 4.84. The van der Waals surface area contributed by atoms with Crippen molar-refractivity contribution in [3.05, 3.63) is 34.9 Å². The van der Waals surface area contributed by atoms with Crippen LogP contribution >= 0.6 is 22.6 Å². The van der Waals surface area contributed by atoms with Crippen LogP contribution < -0.4 is 9.47 Å². The van der Waals surface area contributed by atoms with Gasteiger partial charge >= 0.3 is 5.97 Å². The molecule has 0 bridgehead atoms. The van der Waals surface area contributed by atoms with Crippen LogP contribution in [0.4, 0.5) is 0 Å². The molecule has 0 saturated heterocycles. The van der Waals surface area contributed by atoms with Gasteiger partial charge in [0.15, 0.2) is 6.10 Å². The molecular weight excluding hydrogens is 495 g/mol. The van der Waals surface area contributed by atoms with Crippen molar-refractivity contribution in [1.82, 2.24) is 0 Å². The molecule has 2 aliphatic rings. The summed E-state index contributed by atoms with van der Waals surface area (Å²) in [6.07, 6.45) is 6.89. The number of allylic oxidation sites excluding steroid dienone is 2. The molecule has 6 heteroatoms. The van der Waals surface area contributed by atoms with Gasteiger partial charge < -0.3 is 19.7 Å². The van der Waals surface area contributed by atoms with E-state index in [1.807, 2.05) is 6.07 Å². The fourth-order valence-corrected chi connectivity index (χ4v) is 6.85. The number of aryl methyl sites for hydroxylation is 1. The molecule has 0 unspecified atom stereocenters. The van der Waals surface area contributed by atoms with E-state index in [1.54, 1.807) is 0 Å². The van der Waals surface area contributed by atoms with Crippen LogP contribution in [0.25, 0.3) is 0 Å². The van der Waals surface area contributed by atoms with Gasteiger partial charge in [0.1, 0.15) is 17.1 Å². The van der Waals surface area contributed by atoms with Crippen molar-refractivity contribution >= 4 is 28.6 Å². The van der Waals surface area contributed by atoms with Gasteiger partial charge in [-0.2, -0.15) is 0 Å². The highest BCUT2D eigenvalue weighted by molar-refractivity contribution is 14.1. The van der Waals surface area contributed by atoms with Crippen LogP contribution in [0.1, 0.15) is 70.9 Å². The minimum absolute atomic E-state index is 0.216. The summed E-state index contributed by atoms with van der Waals surface area (Å²) in [5, 5.41) is 19.0. The topological polar surface area (TPSA) is 76.0 Å². The molecule has 30 heavy (non-hydrogen) atoms. The first-order valence-corrected chi connectivity index (χ1v) is 11.9. The van der Waals surface area contributed by atoms with E-state index in [9.17, 15) is 15.0 Å². The van der Waals surface area contributed by atoms with Crippen LogP contribution in [0.2, 0.25) is 0 Å². The molecule has 1 aromatic rings. The van der Waals surface area contributed by atoms with Crippen LogP contribution in [0.3, 0.4) is 0 Å². The minimum atomic E-state index is -1.56. The molecular formula is C24H33IO5. The summed E-state index contributed by atoms with van der Waals surface area (Å²) < 4.78 is 11.8. The summed E-state index contributed by atoms with van der Waals surface area (Å²) in [5.74, 6) is 0.542. The maximum Gasteiger partial charge on any atom is 0.342 e. The van der Waals surface area contributed by atoms with Crippen LogP contribution in [0.5, 0.6) is 11.5 Å². The number of fused-ring (bicyclic) bond motifs is 3. The number of ether oxygens (including phenoxy) is 2. The maximum absolute atomic E-state index is 12.4. The third-order valence-electron chi connectivity index (χ3n) is 6.24. The third kappa shape index (κ3) is 4.55. The zero-order valence-corrected chi connectivity index (χ0v) is 20.5. The lowest BCUT2D eigenvalue weighted by Crippen LogP contribution is -2.51. The van der Waals surface area contributed by atoms with Crippen LogP contribution in [0, 0.1) is 5.92 Å². The molecule has 0 fully saturated rings. The number of hydrogen-bond donors (Lipinski definition) is 2. The summed E-state index contributed by atoms with van der Waals surface area (Å²) in [4.78, 5) is 12.4. The molecule has 5 nitrogen and oxygen atoms in total. The summed E-state index contributed by atoms with van der Waals surface area (Å²) >= 11 is 2.49. The molecule has 1 aliphatic heterocycles. The van der Waals surface area contributed by atoms with Gasteiger partial charge in [0.05, 0.1) is 15.6 Å². The first-order valence-electron chi connectivity index (χ1n) is 10.9. The second-order valence-electron chi connectivity index (χ2n) is 9.10. The van der Waals surface area contributed by atoms with Gasteiger partial charge in [-0.1, -0.05) is 54.0 Å². The van der Waals surface area contributed by atoms with Gasteiger partial charge in [-0.3, -0.25) is 0 Å². The summed E-state index contributed by atoms with van der Waals surface area (Å²) in [6.45, 7) is 7.90. The van der Waals surface area contributed by atoms with Crippen LogP contribution in [0.15, 0.2) is 23.8 Å². The Bertz CT molecular complexity index is 831. The lowest BCUT2D eigenvalue weighted by molar-refractivity contribution is -0.145. The first-order chi connectivity index (χ1) is 14.1. The third-order valence-corrected chi connectivity index (χ3v) is 7.84. The molecule has 3 rings (SSSR count). The number of benzene rings is 1. The van der Waals surface area contributed by atoms with Crippen LogP contribution in [-0.4, -0.2) is 34.5 Å². The summed E-state index contributed by atoms with van der Waals surface area (Å²) in [7, 11) is 0. The lowest BCUT2D eigenvalue weighted by Gasteiger charge is -2.51. The highest BCUT2D eigenvalue weighted by Crippen LogP contribution is 2.60. The average molecular weight is 528 g/mol. The standard InChI is InChI=1S/C24H33IO5/c1-5-6-7-8-16-11-18(29-22(28)17(27)14-26)21-19(12-16)30-23(3,4)20-10-9-15(2)13-24(20,21)25/h11-13,17,20,26-27H,5-10,14H2,1-4H3/t17-,20+,24-/m1/s1. The number of carbonyl (C=O) groups is 1. The zero-order chi connectivity index (χ0) is 22.1. The van der Waals surface area contributed by atoms with Gasteiger partial charge in [-0.15, -0.1) is 0 Å². The quantitative estimate of drug-likeness (QED) is 0.132. The number of rotatable bonds is 7. The Balaban J connectivity index is 2.14. The largest absolute Gasteiger partial charge is 0.487 e. The zero-order valence-electron chi connectivity index (χ0n) is 18.3. The summed E-state index contributed by atoms with van der Waals surface area (Å²) in [6, 6.07) is 3.99. The number of hydrogen-bond acceptors (Lipinski definition) is 5. The smallest absolute Gasteiger partial charge is 0.342 e. The highest BCUT2D eigenvalue weighted by Gasteiger charge is 2.54. The molecule has 2 N–H and O–H groups in total. The van der Waals surface area contributed by atoms with Crippen molar-refractivity contribution in [3.63, 3.8) is 0 Å². The van der Waals surface area contributed by atoms with Gasteiger partial charge in [0, 0.05) is 5.92 Å². The number of alkyl halides is 1. The predicted molar refractivity (Wildman–Crippen MR) is 125 cm³/mol. The molecule has 1 aromatic carbocycles. The van der Waals surface area contributed by atoms with E-state index in [1.165, 1.54) is 5.57 Å². The number of aliphatic hydroxyl groups is 2. The van der Waals surface area contributed by atoms with E-state index in [0.29, 0.717) is 5.75 Å². The normalized spacial score (nSPS) is 25.4. The van der Waals surface area contributed by atoms with Gasteiger partial charge in [0.2, 0.25) is 0 Å². The number of unbranched alkanes of at least 4 members (excludes halogenated alkanes) is 2. The van der Waals surface area contributed by atoms with E-state index >= 15 is 0 Å². The first kappa shape index (κ1) is 23.5. The average Bonchev–Trinajstić information content (AvgIpc) is 2.65. The van der Waals surface area contributed by atoms with Crippen LogP contribution in [-0.2, 0) is 14.6 Å². The Kier molecular flexibility index (Phi) is 7.19. The Hall–Kier alpha value is -1.12. The Labute approximate surface area is 193 Å². The van der Waals surface area contributed by atoms with E-state index in [-0.39, 0.29) is 14.9 Å². The second kappa shape index (κ2) is 9.17. The maximum atomic E-state index is 12.4. The van der Waals surface area contributed by atoms with E-state index in [0.717, 1.165) is 55.4 Å². The molecule has 0 amide bonds. The molecule has 1 aliphatic carbocycles. The molecule has 166 valence electrons. The minimum Gasteiger partial charge on any atom is -0.487 e. The van der Waals surface area contributed by atoms with Crippen molar-refractivity contribution in [1.29, 1.82) is 0 Å². The van der Waals surface area contributed by atoms with Gasteiger partial charge in [0.25, 0.3) is 0 Å². The molecule has 0 spiro atoms. The molecule has 0 radical (unpaired) electrons. The number of esters is 1. The number of carbonyl (C=O) groups excluding carboxylic acids is 1. The number of halogens is 1. The number of aliphatic hydroxyl groups excluding tert-OH is 2. The highest BCUT2D eigenvalue weighted by atomic mass is 127. The Morgan fingerprint density at radius 3 is 2.77 bits per heavy atom. The van der Waals surface area contributed by atoms with Crippen molar-refractivity contribution in [2.45, 2.75) is 81.3 Å². The van der Waals surface area contributed by atoms with Crippen molar-refractivity contribution in [2.75, 3.05) is 6.61 Å². The van der Waals surface area contributed by atoms with Gasteiger partial charge in [-0.25, -0.2) is 4.79 Å². The van der Waals surface area contributed by atoms with Gasteiger partial charge in [-0.05, 0) is 64.2 Å². The molecule has 0 aromatic heterocycles.